The molecule has 0 bridgehead atoms. The average Bonchev–Trinajstić information content (AvgIpc) is 2.61. The summed E-state index contributed by atoms with van der Waals surface area (Å²) in [7, 11) is 0. The molecule has 0 unspecified atom stereocenters. The molecule has 0 N–H and O–H groups in total. The molecule has 0 aliphatic heterocycles. The van der Waals surface area contributed by atoms with Gasteiger partial charge < -0.3 is 0 Å². The molecule has 0 spiro atoms. The predicted octanol–water partition coefficient (Wildman–Crippen LogP) is 3.50. The van der Waals surface area contributed by atoms with Crippen LogP contribution in [0.5, 0.6) is 0 Å². The van der Waals surface area contributed by atoms with E-state index in [1.54, 1.807) is 0 Å². The molecule has 0 radical (unpaired) electrons. The summed E-state index contributed by atoms with van der Waals surface area (Å²) in [5.74, 6) is 0. The highest BCUT2D eigenvalue weighted by atomic mass is 14.9. The molecule has 3 rings (SSSR count). The van der Waals surface area contributed by atoms with E-state index >= 15 is 0 Å². The minimum atomic E-state index is 0.177. The molecule has 0 atom stereocenters. The number of pyridine rings is 1. The highest BCUT2D eigenvalue weighted by molar-refractivity contribution is 6.84. The summed E-state index contributed by atoms with van der Waals surface area (Å²) < 4.78 is 2.23. The van der Waals surface area contributed by atoms with Crippen molar-refractivity contribution < 1.29 is 4.57 Å². The van der Waals surface area contributed by atoms with Crippen LogP contribution < -0.4 is 15.5 Å². The minimum Gasteiger partial charge on any atom is -0.168 e. The Kier molecular flexibility index (Phi) is 4.57. The molecule has 24 heavy (non-hydrogen) atoms. The van der Waals surface area contributed by atoms with Crippen molar-refractivity contribution in [3.05, 3.63) is 84.7 Å². The fourth-order valence-electron chi connectivity index (χ4n) is 3.10. The number of rotatable bonds is 3. The quantitative estimate of drug-likeness (QED) is 0.515. The molecule has 2 aromatic carbocycles. The van der Waals surface area contributed by atoms with Gasteiger partial charge in [0.1, 0.15) is 0 Å². The third-order valence-corrected chi connectivity index (χ3v) is 4.68. The van der Waals surface area contributed by atoms with Crippen molar-refractivity contribution in [3.63, 3.8) is 0 Å². The maximum Gasteiger partial charge on any atom is 0.214 e. The molecule has 2 heteroatoms. The Balaban J connectivity index is 2.01. The lowest BCUT2D eigenvalue weighted by Crippen LogP contribution is -2.46. The van der Waals surface area contributed by atoms with Gasteiger partial charge in [-0.15, -0.1) is 0 Å². The second-order valence-electron chi connectivity index (χ2n) is 7.44. The second-order valence-corrected chi connectivity index (χ2v) is 7.44. The summed E-state index contributed by atoms with van der Waals surface area (Å²) in [5.41, 5.74) is 5.46. The van der Waals surface area contributed by atoms with Gasteiger partial charge in [0, 0.05) is 18.2 Å². The van der Waals surface area contributed by atoms with Gasteiger partial charge in [-0.25, -0.2) is 0 Å². The van der Waals surface area contributed by atoms with Gasteiger partial charge in [-0.2, -0.15) is 4.57 Å². The molecule has 0 aliphatic carbocycles. The molecule has 1 nitrogen and oxygen atoms in total. The largest absolute Gasteiger partial charge is 0.214 e. The van der Waals surface area contributed by atoms with Gasteiger partial charge in [0.15, 0.2) is 12.4 Å². The fraction of sp³-hybridized carbons (Fsp3) is 0.227. The summed E-state index contributed by atoms with van der Waals surface area (Å²) in [6.45, 7) is 9.38. The van der Waals surface area contributed by atoms with Crippen molar-refractivity contribution >= 4 is 17.6 Å². The summed E-state index contributed by atoms with van der Waals surface area (Å²) >= 11 is 0. The van der Waals surface area contributed by atoms with Gasteiger partial charge in [-0.05, 0) is 16.4 Å². The SMILES string of the molecule is CB(c1ccccc1)c1ccccc1-[n+]1ccc(C(C)(C)C)cc1. The van der Waals surface area contributed by atoms with Crippen molar-refractivity contribution in [2.45, 2.75) is 33.0 Å². The van der Waals surface area contributed by atoms with Crippen molar-refractivity contribution in [1.82, 2.24) is 0 Å². The first-order valence-corrected chi connectivity index (χ1v) is 8.63. The predicted molar refractivity (Wildman–Crippen MR) is 104 cm³/mol. The van der Waals surface area contributed by atoms with Crippen LogP contribution in [0, 0.1) is 0 Å². The molecule has 0 amide bonds. The van der Waals surface area contributed by atoms with E-state index in [2.05, 4.69) is 111 Å². The Hall–Kier alpha value is -2.35. The highest BCUT2D eigenvalue weighted by Gasteiger charge is 2.22. The smallest absolute Gasteiger partial charge is 0.168 e. The lowest BCUT2D eigenvalue weighted by molar-refractivity contribution is -0.594. The van der Waals surface area contributed by atoms with Crippen molar-refractivity contribution in [2.75, 3.05) is 0 Å². The number of aromatic nitrogens is 1. The normalized spacial score (nSPS) is 11.3. The zero-order chi connectivity index (χ0) is 17.2. The molecule has 120 valence electrons. The van der Waals surface area contributed by atoms with E-state index in [1.807, 2.05) is 0 Å². The first kappa shape index (κ1) is 16.5. The first-order chi connectivity index (χ1) is 11.5. The van der Waals surface area contributed by atoms with E-state index in [4.69, 9.17) is 0 Å². The monoisotopic (exact) mass is 314 g/mol. The number of benzene rings is 2. The van der Waals surface area contributed by atoms with Gasteiger partial charge >= 0.3 is 0 Å². The molecular formula is C22H25BN+. The van der Waals surface area contributed by atoms with E-state index in [-0.39, 0.29) is 5.41 Å². The lowest BCUT2D eigenvalue weighted by atomic mass is 9.42. The second kappa shape index (κ2) is 6.64. The maximum absolute atomic E-state index is 2.28. The van der Waals surface area contributed by atoms with E-state index in [0.29, 0.717) is 6.71 Å². The van der Waals surface area contributed by atoms with Crippen LogP contribution in [-0.4, -0.2) is 6.71 Å². The van der Waals surface area contributed by atoms with Crippen LogP contribution in [0.4, 0.5) is 0 Å². The third-order valence-electron chi connectivity index (χ3n) is 4.68. The molecule has 1 aromatic heterocycles. The van der Waals surface area contributed by atoms with Crippen molar-refractivity contribution in [2.24, 2.45) is 0 Å². The summed E-state index contributed by atoms with van der Waals surface area (Å²) in [5, 5.41) is 0. The number of nitrogens with zero attached hydrogens (tertiary/aromatic N) is 1. The van der Waals surface area contributed by atoms with Gasteiger partial charge in [0.25, 0.3) is 0 Å². The average molecular weight is 314 g/mol. The first-order valence-electron chi connectivity index (χ1n) is 8.63. The topological polar surface area (TPSA) is 3.88 Å². The van der Waals surface area contributed by atoms with E-state index < -0.39 is 0 Å². The van der Waals surface area contributed by atoms with Crippen LogP contribution >= 0.6 is 0 Å². The zero-order valence-electron chi connectivity index (χ0n) is 15.0. The fourth-order valence-corrected chi connectivity index (χ4v) is 3.10. The van der Waals surface area contributed by atoms with Gasteiger partial charge in [-0.1, -0.05) is 81.6 Å². The van der Waals surface area contributed by atoms with Crippen LogP contribution in [0.25, 0.3) is 5.69 Å². The zero-order valence-corrected chi connectivity index (χ0v) is 15.0. The van der Waals surface area contributed by atoms with Crippen LogP contribution in [0.1, 0.15) is 26.3 Å². The summed E-state index contributed by atoms with van der Waals surface area (Å²) in [6.07, 6.45) is 4.36. The Labute approximate surface area is 146 Å². The van der Waals surface area contributed by atoms with Crippen LogP contribution in [0.3, 0.4) is 0 Å². The summed E-state index contributed by atoms with van der Waals surface area (Å²) in [4.78, 5) is 0. The molecule has 0 saturated carbocycles. The van der Waals surface area contributed by atoms with Crippen LogP contribution in [-0.2, 0) is 5.41 Å². The van der Waals surface area contributed by atoms with Gasteiger partial charge in [0.05, 0.1) is 0 Å². The highest BCUT2D eigenvalue weighted by Crippen LogP contribution is 2.20. The van der Waals surface area contributed by atoms with E-state index in [0.717, 1.165) is 0 Å². The van der Waals surface area contributed by atoms with Gasteiger partial charge in [0.2, 0.25) is 12.4 Å². The van der Waals surface area contributed by atoms with Crippen molar-refractivity contribution in [3.8, 4) is 5.69 Å². The molecule has 3 aromatic rings. The Morgan fingerprint density at radius 1 is 0.750 bits per heavy atom. The van der Waals surface area contributed by atoms with Crippen LogP contribution in [0.2, 0.25) is 6.82 Å². The van der Waals surface area contributed by atoms with E-state index in [1.165, 1.54) is 22.2 Å². The van der Waals surface area contributed by atoms with Gasteiger partial charge in [-0.3, -0.25) is 0 Å². The molecular weight excluding hydrogens is 289 g/mol. The lowest BCUT2D eigenvalue weighted by Gasteiger charge is -2.18. The third kappa shape index (κ3) is 3.43. The standard InChI is InChI=1S/C22H25BN/c1-22(2,3)18-14-16-24(17-15-18)21-13-9-8-12-20(21)23(4)19-10-6-5-7-11-19/h5-17H,1-4H3/q+1. The molecule has 1 heterocycles. The molecule has 0 aliphatic rings. The molecule has 0 fully saturated rings. The number of hydrogen-bond acceptors (Lipinski definition) is 0. The summed E-state index contributed by atoms with van der Waals surface area (Å²) in [6, 6.07) is 23.8. The Morgan fingerprint density at radius 2 is 1.33 bits per heavy atom. The molecule has 0 saturated heterocycles. The minimum absolute atomic E-state index is 0.177. The van der Waals surface area contributed by atoms with Crippen molar-refractivity contribution in [1.29, 1.82) is 0 Å². The Morgan fingerprint density at radius 3 is 1.96 bits per heavy atom. The van der Waals surface area contributed by atoms with Crippen LogP contribution in [0.15, 0.2) is 79.1 Å². The maximum atomic E-state index is 2.28. The number of para-hydroxylation sites is 1. The van der Waals surface area contributed by atoms with E-state index in [9.17, 15) is 0 Å². The Bertz CT molecular complexity index is 801. The number of hydrogen-bond donors (Lipinski definition) is 0.